The Morgan fingerprint density at radius 1 is 1.09 bits per heavy atom. The van der Waals surface area contributed by atoms with Crippen molar-refractivity contribution in [3.8, 4) is 17.2 Å². The van der Waals surface area contributed by atoms with Gasteiger partial charge in [0.2, 0.25) is 5.91 Å². The van der Waals surface area contributed by atoms with Crippen LogP contribution in [-0.4, -0.2) is 30.8 Å². The predicted molar refractivity (Wildman–Crippen MR) is 120 cm³/mol. The molecule has 3 fully saturated rings. The maximum Gasteiger partial charge on any atom is 0.258 e. The maximum atomic E-state index is 13.3. The third-order valence-electron chi connectivity index (χ3n) is 7.73. The highest BCUT2D eigenvalue weighted by molar-refractivity contribution is 5.98. The van der Waals surface area contributed by atoms with Gasteiger partial charge in [-0.2, -0.15) is 0 Å². The lowest BCUT2D eigenvalue weighted by Crippen LogP contribution is -2.66. The molecule has 7 rings (SSSR count). The zero-order chi connectivity index (χ0) is 22.6. The Morgan fingerprint density at radius 3 is 2.73 bits per heavy atom. The first-order chi connectivity index (χ1) is 16.0. The van der Waals surface area contributed by atoms with Gasteiger partial charge in [0.25, 0.3) is 5.91 Å². The molecule has 2 N–H and O–H groups in total. The number of nitrogens with one attached hydrogen (secondary N) is 2. The van der Waals surface area contributed by atoms with Crippen molar-refractivity contribution in [2.75, 3.05) is 13.2 Å². The summed E-state index contributed by atoms with van der Waals surface area (Å²) in [7, 11) is 0. The second-order valence-corrected chi connectivity index (χ2v) is 9.66. The van der Waals surface area contributed by atoms with Crippen LogP contribution in [0.4, 0.5) is 0 Å². The van der Waals surface area contributed by atoms with Crippen LogP contribution >= 0.6 is 0 Å². The van der Waals surface area contributed by atoms with Gasteiger partial charge in [0, 0.05) is 18.3 Å². The molecule has 3 saturated carbocycles. The lowest BCUT2D eigenvalue weighted by molar-refractivity contribution is -0.147. The Labute approximate surface area is 192 Å². The van der Waals surface area contributed by atoms with Crippen molar-refractivity contribution >= 4 is 11.8 Å². The standard InChI is InChI=1S/C26H28N2O5/c1-15(16-7-9-22-23(12-16)32-11-10-31-22)27-24(29)20-13-18-8-6-17(20)14-26(18)28-25(30)19-4-2-3-5-21(19)33-26/h2-5,7,9,12,15,17-18,20H,6,8,10-11,13-14H2,1H3,(H,27,29)(H,28,30)/t15-,17-,18+,20+,26+/m0/s1. The van der Waals surface area contributed by atoms with E-state index in [1.54, 1.807) is 6.07 Å². The molecule has 0 unspecified atom stereocenters. The molecule has 172 valence electrons. The maximum absolute atomic E-state index is 13.3. The number of amides is 2. The summed E-state index contributed by atoms with van der Waals surface area (Å²) >= 11 is 0. The molecule has 2 bridgehead atoms. The van der Waals surface area contributed by atoms with E-state index in [0.29, 0.717) is 37.4 Å². The number of hydrogen-bond donors (Lipinski definition) is 2. The van der Waals surface area contributed by atoms with Crippen LogP contribution in [0.3, 0.4) is 0 Å². The Balaban J connectivity index is 1.16. The number of hydrogen-bond acceptors (Lipinski definition) is 5. The molecule has 7 nitrogen and oxygen atoms in total. The monoisotopic (exact) mass is 448 g/mol. The molecule has 3 aliphatic carbocycles. The zero-order valence-corrected chi connectivity index (χ0v) is 18.6. The zero-order valence-electron chi connectivity index (χ0n) is 18.6. The van der Waals surface area contributed by atoms with Gasteiger partial charge >= 0.3 is 0 Å². The van der Waals surface area contributed by atoms with Gasteiger partial charge in [-0.15, -0.1) is 0 Å². The topological polar surface area (TPSA) is 85.9 Å². The van der Waals surface area contributed by atoms with Crippen molar-refractivity contribution in [3.05, 3.63) is 53.6 Å². The van der Waals surface area contributed by atoms with Crippen LogP contribution in [0.1, 0.15) is 54.6 Å². The van der Waals surface area contributed by atoms with Crippen molar-refractivity contribution in [1.29, 1.82) is 0 Å². The number of rotatable bonds is 3. The molecule has 1 spiro atoms. The van der Waals surface area contributed by atoms with E-state index in [4.69, 9.17) is 14.2 Å². The van der Waals surface area contributed by atoms with Crippen LogP contribution in [0.2, 0.25) is 0 Å². The molecule has 5 atom stereocenters. The van der Waals surface area contributed by atoms with Crippen LogP contribution in [0.5, 0.6) is 17.2 Å². The van der Waals surface area contributed by atoms with Crippen molar-refractivity contribution in [3.63, 3.8) is 0 Å². The van der Waals surface area contributed by atoms with E-state index < -0.39 is 5.72 Å². The first-order valence-corrected chi connectivity index (χ1v) is 11.8. The smallest absolute Gasteiger partial charge is 0.258 e. The van der Waals surface area contributed by atoms with Gasteiger partial charge in [-0.1, -0.05) is 18.2 Å². The Hall–Kier alpha value is -3.22. The fraction of sp³-hybridized carbons (Fsp3) is 0.462. The fourth-order valence-corrected chi connectivity index (χ4v) is 6.01. The van der Waals surface area contributed by atoms with Gasteiger partial charge in [-0.25, -0.2) is 0 Å². The lowest BCUT2D eigenvalue weighted by atomic mass is 9.60. The molecule has 2 aromatic carbocycles. The molecule has 2 heterocycles. The van der Waals surface area contributed by atoms with Gasteiger partial charge < -0.3 is 24.8 Å². The Morgan fingerprint density at radius 2 is 1.91 bits per heavy atom. The highest BCUT2D eigenvalue weighted by atomic mass is 16.6. The highest BCUT2D eigenvalue weighted by Gasteiger charge is 2.57. The summed E-state index contributed by atoms with van der Waals surface area (Å²) in [5.41, 5.74) is 0.865. The third-order valence-corrected chi connectivity index (χ3v) is 7.73. The summed E-state index contributed by atoms with van der Waals surface area (Å²) in [5.74, 6) is 2.31. The van der Waals surface area contributed by atoms with Crippen molar-refractivity contribution in [1.82, 2.24) is 10.6 Å². The molecule has 5 aliphatic rings. The summed E-state index contributed by atoms with van der Waals surface area (Å²) in [6.45, 7) is 3.08. The predicted octanol–water partition coefficient (Wildman–Crippen LogP) is 3.59. The van der Waals surface area contributed by atoms with E-state index >= 15 is 0 Å². The van der Waals surface area contributed by atoms with Crippen LogP contribution in [0.15, 0.2) is 42.5 Å². The highest BCUT2D eigenvalue weighted by Crippen LogP contribution is 2.52. The number of carbonyl (C=O) groups excluding carboxylic acids is 2. The first kappa shape index (κ1) is 20.4. The quantitative estimate of drug-likeness (QED) is 0.750. The van der Waals surface area contributed by atoms with Crippen LogP contribution in [0, 0.1) is 17.8 Å². The molecule has 2 aliphatic heterocycles. The van der Waals surface area contributed by atoms with Crippen LogP contribution in [0.25, 0.3) is 0 Å². The largest absolute Gasteiger partial charge is 0.486 e. The molecular formula is C26H28N2O5. The first-order valence-electron chi connectivity index (χ1n) is 11.8. The molecule has 0 saturated heterocycles. The van der Waals surface area contributed by atoms with Gasteiger partial charge in [0.05, 0.1) is 11.6 Å². The normalized spacial score (nSPS) is 30.1. The molecule has 2 amide bonds. The Bertz CT molecular complexity index is 1120. The second kappa shape index (κ2) is 7.68. The van der Waals surface area contributed by atoms with E-state index in [1.807, 2.05) is 43.3 Å². The number of fused-ring (bicyclic) bond motifs is 4. The molecule has 7 heteroatoms. The van der Waals surface area contributed by atoms with Gasteiger partial charge in [0.15, 0.2) is 17.2 Å². The summed E-state index contributed by atoms with van der Waals surface area (Å²) in [6.07, 6.45) is 3.30. The summed E-state index contributed by atoms with van der Waals surface area (Å²) in [6, 6.07) is 13.1. The van der Waals surface area contributed by atoms with Crippen molar-refractivity contribution in [2.24, 2.45) is 17.8 Å². The van der Waals surface area contributed by atoms with Crippen LogP contribution in [-0.2, 0) is 4.79 Å². The molecular weight excluding hydrogens is 420 g/mol. The van der Waals surface area contributed by atoms with E-state index in [2.05, 4.69) is 10.6 Å². The van der Waals surface area contributed by atoms with Crippen LogP contribution < -0.4 is 24.8 Å². The number of benzene rings is 2. The average molecular weight is 449 g/mol. The van der Waals surface area contributed by atoms with Gasteiger partial charge in [-0.05, 0) is 61.9 Å². The summed E-state index contributed by atoms with van der Waals surface area (Å²) in [5, 5.41) is 6.37. The average Bonchev–Trinajstić information content (AvgIpc) is 2.84. The Kier molecular flexibility index (Phi) is 4.75. The third kappa shape index (κ3) is 3.41. The van der Waals surface area contributed by atoms with E-state index in [9.17, 15) is 9.59 Å². The lowest BCUT2D eigenvalue weighted by Gasteiger charge is -2.55. The van der Waals surface area contributed by atoms with Crippen molar-refractivity contribution in [2.45, 2.75) is 44.4 Å². The number of para-hydroxylation sites is 1. The fourth-order valence-electron chi connectivity index (χ4n) is 6.01. The molecule has 0 aromatic heterocycles. The SMILES string of the molecule is C[C@H](NC(=O)[C@@H]1C[C@H]2CC[C@H]1C[C@]21NC(=O)c2ccccc2O1)c1ccc2c(c1)OCCO2. The van der Waals surface area contributed by atoms with E-state index in [1.165, 1.54) is 0 Å². The van der Waals surface area contributed by atoms with E-state index in [0.717, 1.165) is 29.9 Å². The van der Waals surface area contributed by atoms with Gasteiger partial charge in [-0.3, -0.25) is 9.59 Å². The molecule has 0 radical (unpaired) electrons. The van der Waals surface area contributed by atoms with E-state index in [-0.39, 0.29) is 35.6 Å². The number of carbonyl (C=O) groups is 2. The second-order valence-electron chi connectivity index (χ2n) is 9.66. The van der Waals surface area contributed by atoms with Crippen molar-refractivity contribution < 1.29 is 23.8 Å². The number of ether oxygens (including phenoxy) is 3. The summed E-state index contributed by atoms with van der Waals surface area (Å²) in [4.78, 5) is 26.1. The minimum atomic E-state index is -0.702. The molecule has 2 aromatic rings. The summed E-state index contributed by atoms with van der Waals surface area (Å²) < 4.78 is 17.7. The minimum absolute atomic E-state index is 0.0736. The van der Waals surface area contributed by atoms with Gasteiger partial charge in [0.1, 0.15) is 19.0 Å². The molecule has 33 heavy (non-hydrogen) atoms. The minimum Gasteiger partial charge on any atom is -0.486 e.